The lowest BCUT2D eigenvalue weighted by Gasteiger charge is -2.17. The minimum atomic E-state index is -1.86. The molecule has 3 rings (SSSR count). The number of carbonyl (C=O) groups is 3. The van der Waals surface area contributed by atoms with Gasteiger partial charge >= 0.3 is 5.97 Å². The number of nitrogens with zero attached hydrogens (tertiary/aromatic N) is 1. The lowest BCUT2D eigenvalue weighted by molar-refractivity contribution is -0.144. The summed E-state index contributed by atoms with van der Waals surface area (Å²) in [5.41, 5.74) is 1.39. The molecule has 7 nitrogen and oxygen atoms in total. The van der Waals surface area contributed by atoms with E-state index >= 15 is 0 Å². The van der Waals surface area contributed by atoms with Crippen LogP contribution in [0.4, 0.5) is 5.69 Å². The molecule has 1 fully saturated rings. The number of ether oxygens (including phenoxy) is 1. The summed E-state index contributed by atoms with van der Waals surface area (Å²) in [7, 11) is -1.86. The van der Waals surface area contributed by atoms with Gasteiger partial charge in [-0.3, -0.25) is 23.5 Å². The van der Waals surface area contributed by atoms with Gasteiger partial charge in [-0.2, -0.15) is 0 Å². The van der Waals surface area contributed by atoms with Gasteiger partial charge in [0.2, 0.25) is 5.91 Å². The molecule has 1 saturated heterocycles. The lowest BCUT2D eigenvalue weighted by Crippen LogP contribution is -2.30. The van der Waals surface area contributed by atoms with E-state index < -0.39 is 33.8 Å². The maximum atomic E-state index is 13.0. The molecule has 1 heterocycles. The van der Waals surface area contributed by atoms with Crippen molar-refractivity contribution >= 4 is 34.3 Å². The largest absolute Gasteiger partial charge is 0.466 e. The normalized spacial score (nSPS) is 19.7. The molecule has 8 heteroatoms. The van der Waals surface area contributed by atoms with Gasteiger partial charge in [-0.15, -0.1) is 0 Å². The van der Waals surface area contributed by atoms with E-state index in [1.54, 1.807) is 31.2 Å². The number of rotatable bonds is 7. The number of esters is 1. The van der Waals surface area contributed by atoms with Crippen molar-refractivity contribution < 1.29 is 23.3 Å². The summed E-state index contributed by atoms with van der Waals surface area (Å²) >= 11 is 0. The first-order valence-electron chi connectivity index (χ1n) is 9.48. The standard InChI is InChI=1S/C22H22N2O5S/c1-2-29-21(26)13-18-22(27)24(15-16-9-5-3-6-10-16)20(30(18)28)14-19(25)23-17-11-7-4-8-12-17/h3-12,14,18H,2,13,15H2,1H3,(H,23,25)/b20-14-/t18-,30?/m0/s1. The highest BCUT2D eigenvalue weighted by atomic mass is 32.2. The van der Waals surface area contributed by atoms with Gasteiger partial charge in [0.05, 0.1) is 30.4 Å². The van der Waals surface area contributed by atoms with E-state index in [4.69, 9.17) is 4.74 Å². The second-order valence-corrected chi connectivity index (χ2v) is 8.13. The Kier molecular flexibility index (Phi) is 7.13. The first-order valence-corrected chi connectivity index (χ1v) is 10.7. The van der Waals surface area contributed by atoms with Crippen molar-refractivity contribution in [3.63, 3.8) is 0 Å². The molecular formula is C22H22N2O5S. The molecule has 2 aromatic rings. The summed E-state index contributed by atoms with van der Waals surface area (Å²) in [6, 6.07) is 18.0. The Balaban J connectivity index is 1.87. The summed E-state index contributed by atoms with van der Waals surface area (Å²) in [4.78, 5) is 38.7. The van der Waals surface area contributed by atoms with Crippen LogP contribution in [-0.4, -0.2) is 38.7 Å². The van der Waals surface area contributed by atoms with Crippen molar-refractivity contribution in [3.8, 4) is 0 Å². The second-order valence-electron chi connectivity index (χ2n) is 6.54. The molecule has 2 amide bonds. The molecule has 156 valence electrons. The van der Waals surface area contributed by atoms with Gasteiger partial charge in [-0.25, -0.2) is 0 Å². The molecule has 0 saturated carbocycles. The Labute approximate surface area is 177 Å². The third kappa shape index (κ3) is 5.21. The predicted octanol–water partition coefficient (Wildman–Crippen LogP) is 2.58. The highest BCUT2D eigenvalue weighted by Gasteiger charge is 2.44. The van der Waals surface area contributed by atoms with E-state index in [0.717, 1.165) is 11.6 Å². The minimum Gasteiger partial charge on any atom is -0.466 e. The van der Waals surface area contributed by atoms with E-state index in [0.29, 0.717) is 5.69 Å². The summed E-state index contributed by atoms with van der Waals surface area (Å²) in [6.07, 6.45) is 0.858. The van der Waals surface area contributed by atoms with Crippen LogP contribution in [0.1, 0.15) is 18.9 Å². The van der Waals surface area contributed by atoms with Crippen molar-refractivity contribution in [2.75, 3.05) is 11.9 Å². The van der Waals surface area contributed by atoms with Crippen molar-refractivity contribution in [3.05, 3.63) is 77.3 Å². The molecular weight excluding hydrogens is 404 g/mol. The van der Waals surface area contributed by atoms with E-state index in [1.165, 1.54) is 4.90 Å². The highest BCUT2D eigenvalue weighted by Crippen LogP contribution is 2.29. The Morgan fingerprint density at radius 1 is 1.10 bits per heavy atom. The summed E-state index contributed by atoms with van der Waals surface area (Å²) in [5.74, 6) is -1.57. The lowest BCUT2D eigenvalue weighted by atomic mass is 10.2. The fourth-order valence-electron chi connectivity index (χ4n) is 3.03. The number of amides is 2. The van der Waals surface area contributed by atoms with Crippen molar-refractivity contribution in [1.29, 1.82) is 0 Å². The van der Waals surface area contributed by atoms with Gasteiger partial charge in [0.1, 0.15) is 10.3 Å². The van der Waals surface area contributed by atoms with E-state index in [2.05, 4.69) is 5.32 Å². The molecule has 1 aliphatic rings. The van der Waals surface area contributed by atoms with Gasteiger partial charge in [-0.1, -0.05) is 48.5 Å². The summed E-state index contributed by atoms with van der Waals surface area (Å²) in [6.45, 7) is 1.98. The number of anilines is 1. The fourth-order valence-corrected chi connectivity index (χ4v) is 4.52. The molecule has 1 unspecified atom stereocenters. The molecule has 0 aromatic heterocycles. The van der Waals surface area contributed by atoms with Crippen LogP contribution < -0.4 is 5.32 Å². The highest BCUT2D eigenvalue weighted by molar-refractivity contribution is 7.91. The van der Waals surface area contributed by atoms with Crippen LogP contribution in [-0.2, 0) is 36.5 Å². The predicted molar refractivity (Wildman–Crippen MR) is 113 cm³/mol. The molecule has 1 aliphatic heterocycles. The molecule has 0 aliphatic carbocycles. The Hall–Kier alpha value is -3.26. The first kappa shape index (κ1) is 21.4. The zero-order valence-corrected chi connectivity index (χ0v) is 17.3. The second kappa shape index (κ2) is 9.98. The van der Waals surface area contributed by atoms with Crippen LogP contribution in [0.5, 0.6) is 0 Å². The quantitative estimate of drug-likeness (QED) is 0.543. The van der Waals surface area contributed by atoms with E-state index in [-0.39, 0.29) is 24.6 Å². The SMILES string of the molecule is CCOC(=O)C[C@H]1C(=O)N(Cc2ccccc2)/C(=C/C(=O)Nc2ccccc2)S1=O. The van der Waals surface area contributed by atoms with E-state index in [1.807, 2.05) is 36.4 Å². The van der Waals surface area contributed by atoms with Crippen LogP contribution >= 0.6 is 0 Å². The van der Waals surface area contributed by atoms with Gasteiger partial charge in [-0.05, 0) is 24.6 Å². The molecule has 0 spiro atoms. The van der Waals surface area contributed by atoms with Crippen LogP contribution in [0.3, 0.4) is 0 Å². The third-order valence-corrected chi connectivity index (χ3v) is 6.04. The number of hydrogen-bond donors (Lipinski definition) is 1. The van der Waals surface area contributed by atoms with Crippen LogP contribution in [0.25, 0.3) is 0 Å². The van der Waals surface area contributed by atoms with Crippen LogP contribution in [0, 0.1) is 0 Å². The van der Waals surface area contributed by atoms with Gasteiger partial charge in [0, 0.05) is 11.8 Å². The molecule has 0 bridgehead atoms. The number of benzene rings is 2. The zero-order valence-electron chi connectivity index (χ0n) is 16.4. The van der Waals surface area contributed by atoms with Gasteiger partial charge < -0.3 is 10.1 Å². The number of para-hydroxylation sites is 1. The van der Waals surface area contributed by atoms with Crippen molar-refractivity contribution in [2.24, 2.45) is 0 Å². The maximum Gasteiger partial charge on any atom is 0.307 e. The van der Waals surface area contributed by atoms with Crippen molar-refractivity contribution in [2.45, 2.75) is 25.1 Å². The fraction of sp³-hybridized carbons (Fsp3) is 0.227. The zero-order chi connectivity index (χ0) is 21.5. The maximum absolute atomic E-state index is 13.0. The average Bonchev–Trinajstić information content (AvgIpc) is 2.94. The van der Waals surface area contributed by atoms with Gasteiger partial charge in [0.25, 0.3) is 5.91 Å². The van der Waals surface area contributed by atoms with Crippen LogP contribution in [0.2, 0.25) is 0 Å². The van der Waals surface area contributed by atoms with E-state index in [9.17, 15) is 18.6 Å². The van der Waals surface area contributed by atoms with Crippen LogP contribution in [0.15, 0.2) is 71.8 Å². The number of carbonyl (C=O) groups excluding carboxylic acids is 3. The monoisotopic (exact) mass is 426 g/mol. The first-order chi connectivity index (χ1) is 14.5. The Morgan fingerprint density at radius 3 is 2.37 bits per heavy atom. The summed E-state index contributed by atoms with van der Waals surface area (Å²) in [5, 5.41) is 1.68. The Bertz CT molecular complexity index is 976. The molecule has 2 atom stereocenters. The molecule has 2 aromatic carbocycles. The number of hydrogen-bond acceptors (Lipinski definition) is 5. The third-order valence-electron chi connectivity index (χ3n) is 4.41. The average molecular weight is 426 g/mol. The molecule has 1 N–H and O–H groups in total. The molecule has 30 heavy (non-hydrogen) atoms. The number of nitrogens with one attached hydrogen (secondary N) is 1. The van der Waals surface area contributed by atoms with Crippen molar-refractivity contribution in [1.82, 2.24) is 4.90 Å². The smallest absolute Gasteiger partial charge is 0.307 e. The topological polar surface area (TPSA) is 92.8 Å². The molecule has 0 radical (unpaired) electrons. The Morgan fingerprint density at radius 2 is 1.73 bits per heavy atom. The van der Waals surface area contributed by atoms with Gasteiger partial charge in [0.15, 0.2) is 0 Å². The summed E-state index contributed by atoms with van der Waals surface area (Å²) < 4.78 is 17.9. The minimum absolute atomic E-state index is 0.0755.